The number of aliphatic hydroxyl groups is 1. The summed E-state index contributed by atoms with van der Waals surface area (Å²) in [6, 6.07) is 7.04. The number of rotatable bonds is 7. The van der Waals surface area contributed by atoms with Crippen molar-refractivity contribution in [3.05, 3.63) is 41.6 Å². The Bertz CT molecular complexity index is 727. The molecule has 2 heterocycles. The summed E-state index contributed by atoms with van der Waals surface area (Å²) in [7, 11) is 1.77. The second-order valence-corrected chi connectivity index (χ2v) is 7.63. The highest BCUT2D eigenvalue weighted by atomic mass is 16.5. The first-order valence-corrected chi connectivity index (χ1v) is 9.21. The van der Waals surface area contributed by atoms with E-state index in [4.69, 9.17) is 4.74 Å². The minimum atomic E-state index is -0.790. The molecule has 1 saturated heterocycles. The smallest absolute Gasteiger partial charge is 0.0774 e. The molecule has 1 atom stereocenters. The highest BCUT2D eigenvalue weighted by Crippen LogP contribution is 2.26. The van der Waals surface area contributed by atoms with Crippen LogP contribution in [0.25, 0.3) is 17.0 Å². The van der Waals surface area contributed by atoms with Crippen LogP contribution in [0.5, 0.6) is 0 Å². The Morgan fingerprint density at radius 2 is 2.24 bits per heavy atom. The van der Waals surface area contributed by atoms with E-state index >= 15 is 0 Å². The van der Waals surface area contributed by atoms with E-state index in [0.29, 0.717) is 6.04 Å². The number of ether oxygens (including phenoxy) is 1. The Kier molecular flexibility index (Phi) is 5.62. The molecule has 25 heavy (non-hydrogen) atoms. The van der Waals surface area contributed by atoms with Gasteiger partial charge in [0, 0.05) is 36.8 Å². The van der Waals surface area contributed by atoms with Gasteiger partial charge < -0.3 is 14.8 Å². The molecule has 2 N–H and O–H groups in total. The Labute approximate surface area is 150 Å². The lowest BCUT2D eigenvalue weighted by atomic mass is 10.0. The number of aromatic amines is 1. The second-order valence-electron chi connectivity index (χ2n) is 7.63. The van der Waals surface area contributed by atoms with Crippen LogP contribution in [-0.4, -0.2) is 53.4 Å². The molecule has 3 rings (SSSR count). The van der Waals surface area contributed by atoms with Crippen LogP contribution in [-0.2, 0) is 11.2 Å². The van der Waals surface area contributed by atoms with Gasteiger partial charge in [0.05, 0.1) is 12.2 Å². The number of hydrogen-bond donors (Lipinski definition) is 2. The van der Waals surface area contributed by atoms with Crippen molar-refractivity contribution in [2.45, 2.75) is 44.8 Å². The van der Waals surface area contributed by atoms with Crippen LogP contribution < -0.4 is 0 Å². The normalized spacial score (nSPS) is 19.4. The number of nitrogens with one attached hydrogen (secondary N) is 1. The summed E-state index contributed by atoms with van der Waals surface area (Å²) in [6.07, 6.45) is 9.59. The molecule has 0 radical (unpaired) electrons. The fourth-order valence-electron chi connectivity index (χ4n) is 3.65. The third kappa shape index (κ3) is 4.72. The zero-order valence-electron chi connectivity index (χ0n) is 15.6. The molecule has 1 aromatic carbocycles. The molecule has 0 bridgehead atoms. The molecule has 1 aliphatic rings. The molecule has 1 fully saturated rings. The second kappa shape index (κ2) is 7.73. The molecular weight excluding hydrogens is 312 g/mol. The number of benzene rings is 1. The number of methoxy groups -OCH3 is 1. The molecule has 0 aliphatic carbocycles. The maximum absolute atomic E-state index is 9.89. The van der Waals surface area contributed by atoms with E-state index in [0.717, 1.165) is 25.1 Å². The van der Waals surface area contributed by atoms with Gasteiger partial charge in [-0.05, 0) is 62.9 Å². The Hall–Kier alpha value is -1.62. The molecule has 4 heteroatoms. The number of nitrogens with zero attached hydrogens (tertiary/aromatic N) is 1. The number of aromatic nitrogens is 1. The average Bonchev–Trinajstić information content (AvgIpc) is 3.18. The first-order valence-electron chi connectivity index (χ1n) is 9.21. The lowest BCUT2D eigenvalue weighted by Crippen LogP contribution is -2.33. The molecule has 0 unspecified atom stereocenters. The van der Waals surface area contributed by atoms with Gasteiger partial charge in [-0.2, -0.15) is 0 Å². The molecular formula is C21H30N2O2. The maximum atomic E-state index is 9.89. The van der Waals surface area contributed by atoms with Crippen molar-refractivity contribution < 1.29 is 9.84 Å². The molecule has 2 aromatic rings. The van der Waals surface area contributed by atoms with Crippen molar-refractivity contribution in [2.75, 3.05) is 26.8 Å². The van der Waals surface area contributed by atoms with Gasteiger partial charge in [-0.3, -0.25) is 4.90 Å². The molecule has 0 amide bonds. The Balaban J connectivity index is 1.78. The summed E-state index contributed by atoms with van der Waals surface area (Å²) in [5.74, 6) is 0. The summed E-state index contributed by atoms with van der Waals surface area (Å²) in [4.78, 5) is 5.96. The fraction of sp³-hybridized carbons (Fsp3) is 0.524. The number of fused-ring (bicyclic) bond motifs is 1. The topological polar surface area (TPSA) is 48.5 Å². The molecule has 1 aliphatic heterocycles. The highest BCUT2D eigenvalue weighted by Gasteiger charge is 2.25. The zero-order chi connectivity index (χ0) is 17.9. The maximum Gasteiger partial charge on any atom is 0.0774 e. The lowest BCUT2D eigenvalue weighted by molar-refractivity contribution is 0.134. The number of H-pyrrole nitrogens is 1. The van der Waals surface area contributed by atoms with Crippen LogP contribution in [0.2, 0.25) is 0 Å². The van der Waals surface area contributed by atoms with Crippen molar-refractivity contribution >= 4 is 17.0 Å². The molecule has 136 valence electrons. The van der Waals surface area contributed by atoms with E-state index in [1.165, 1.54) is 35.9 Å². The SMILES string of the molecule is COCCN1CCC[C@@H]1Cc1c[nH]c2ccc(/C=C/C(C)(C)O)cc12. The number of hydrogen-bond acceptors (Lipinski definition) is 3. The van der Waals surface area contributed by atoms with Gasteiger partial charge in [-0.25, -0.2) is 0 Å². The van der Waals surface area contributed by atoms with E-state index in [1.54, 1.807) is 21.0 Å². The van der Waals surface area contributed by atoms with Gasteiger partial charge in [-0.1, -0.05) is 18.2 Å². The van der Waals surface area contributed by atoms with Crippen molar-refractivity contribution in [1.82, 2.24) is 9.88 Å². The van der Waals surface area contributed by atoms with Crippen molar-refractivity contribution in [3.63, 3.8) is 0 Å². The fourth-order valence-corrected chi connectivity index (χ4v) is 3.65. The molecule has 4 nitrogen and oxygen atoms in total. The van der Waals surface area contributed by atoms with Gasteiger partial charge in [0.25, 0.3) is 0 Å². The quantitative estimate of drug-likeness (QED) is 0.808. The third-order valence-corrected chi connectivity index (χ3v) is 5.01. The van der Waals surface area contributed by atoms with Crippen molar-refractivity contribution in [2.24, 2.45) is 0 Å². The lowest BCUT2D eigenvalue weighted by Gasteiger charge is -2.23. The first-order chi connectivity index (χ1) is 12.0. The number of likely N-dealkylation sites (tertiary alicyclic amines) is 1. The van der Waals surface area contributed by atoms with Gasteiger partial charge >= 0.3 is 0 Å². The van der Waals surface area contributed by atoms with E-state index in [9.17, 15) is 5.11 Å². The standard InChI is InChI=1S/C21H30N2O2/c1-21(2,24)9-8-16-6-7-20-19(13-16)17(15-22-20)14-18-5-4-10-23(18)11-12-25-3/h6-9,13,15,18,22,24H,4-5,10-12,14H2,1-3H3/b9-8+/t18-/m1/s1. The van der Waals surface area contributed by atoms with Crippen LogP contribution in [0.4, 0.5) is 0 Å². The van der Waals surface area contributed by atoms with E-state index < -0.39 is 5.60 Å². The van der Waals surface area contributed by atoms with Crippen LogP contribution in [0.3, 0.4) is 0 Å². The molecule has 0 spiro atoms. The Morgan fingerprint density at radius 3 is 3.00 bits per heavy atom. The van der Waals surface area contributed by atoms with Gasteiger partial charge in [0.1, 0.15) is 0 Å². The van der Waals surface area contributed by atoms with E-state index in [2.05, 4.69) is 34.3 Å². The van der Waals surface area contributed by atoms with Crippen molar-refractivity contribution in [3.8, 4) is 0 Å². The third-order valence-electron chi connectivity index (χ3n) is 5.01. The van der Waals surface area contributed by atoms with Crippen LogP contribution in [0.15, 0.2) is 30.5 Å². The summed E-state index contributed by atoms with van der Waals surface area (Å²) >= 11 is 0. The summed E-state index contributed by atoms with van der Waals surface area (Å²) in [5, 5.41) is 11.2. The molecule has 0 saturated carbocycles. The van der Waals surface area contributed by atoms with E-state index in [1.807, 2.05) is 12.2 Å². The monoisotopic (exact) mass is 342 g/mol. The largest absolute Gasteiger partial charge is 0.386 e. The highest BCUT2D eigenvalue weighted by molar-refractivity contribution is 5.85. The first kappa shape index (κ1) is 18.2. The average molecular weight is 342 g/mol. The Morgan fingerprint density at radius 1 is 1.40 bits per heavy atom. The van der Waals surface area contributed by atoms with Gasteiger partial charge in [0.2, 0.25) is 0 Å². The van der Waals surface area contributed by atoms with Crippen LogP contribution >= 0.6 is 0 Å². The van der Waals surface area contributed by atoms with Crippen molar-refractivity contribution in [1.29, 1.82) is 0 Å². The zero-order valence-corrected chi connectivity index (χ0v) is 15.6. The van der Waals surface area contributed by atoms with Crippen LogP contribution in [0.1, 0.15) is 37.8 Å². The predicted molar refractivity (Wildman–Crippen MR) is 104 cm³/mol. The van der Waals surface area contributed by atoms with E-state index in [-0.39, 0.29) is 0 Å². The summed E-state index contributed by atoms with van der Waals surface area (Å²) in [5.41, 5.74) is 2.89. The van der Waals surface area contributed by atoms with Gasteiger partial charge in [-0.15, -0.1) is 0 Å². The van der Waals surface area contributed by atoms with Crippen LogP contribution in [0, 0.1) is 0 Å². The minimum Gasteiger partial charge on any atom is -0.386 e. The van der Waals surface area contributed by atoms with Gasteiger partial charge in [0.15, 0.2) is 0 Å². The molecule has 1 aromatic heterocycles. The summed E-state index contributed by atoms with van der Waals surface area (Å²) in [6.45, 7) is 6.58. The minimum absolute atomic E-state index is 0.602. The predicted octanol–water partition coefficient (Wildman–Crippen LogP) is 3.61. The summed E-state index contributed by atoms with van der Waals surface area (Å²) < 4.78 is 5.25.